The second-order valence-electron chi connectivity index (χ2n) is 4.53. The number of carbonyl (C=O) groups excluding carboxylic acids is 3. The second-order valence-corrected chi connectivity index (χ2v) is 4.53. The van der Waals surface area contributed by atoms with Crippen molar-refractivity contribution in [2.75, 3.05) is 24.4 Å². The highest BCUT2D eigenvalue weighted by Crippen LogP contribution is 2.15. The Bertz CT molecular complexity index is 735. The Morgan fingerprint density at radius 2 is 1.71 bits per heavy atom. The van der Waals surface area contributed by atoms with Crippen molar-refractivity contribution in [3.05, 3.63) is 47.7 Å². The van der Waals surface area contributed by atoms with E-state index in [9.17, 15) is 14.4 Å². The first kappa shape index (κ1) is 17.1. The maximum Gasteiger partial charge on any atom is 0.374 e. The standard InChI is InChI=1S/C16H16N2O6/c1-3-23-14(19)10-4-6-11(7-5-10)17-16(21)18-13-9-8-12(24-13)15(20)22-2/h4-9H,3H2,1-2H3,(H2,17,18,21). The number of esters is 2. The van der Waals surface area contributed by atoms with Gasteiger partial charge in [-0.3, -0.25) is 5.32 Å². The molecular weight excluding hydrogens is 316 g/mol. The second kappa shape index (κ2) is 7.82. The van der Waals surface area contributed by atoms with Crippen LogP contribution < -0.4 is 10.6 Å². The van der Waals surface area contributed by atoms with Crippen LogP contribution in [0.3, 0.4) is 0 Å². The average molecular weight is 332 g/mol. The molecule has 0 bridgehead atoms. The van der Waals surface area contributed by atoms with Crippen LogP contribution in [0.25, 0.3) is 0 Å². The Hall–Kier alpha value is -3.29. The van der Waals surface area contributed by atoms with Crippen molar-refractivity contribution in [1.82, 2.24) is 0 Å². The molecule has 0 unspecified atom stereocenters. The van der Waals surface area contributed by atoms with E-state index >= 15 is 0 Å². The number of furan rings is 1. The van der Waals surface area contributed by atoms with E-state index in [-0.39, 0.29) is 18.3 Å². The van der Waals surface area contributed by atoms with Crippen molar-refractivity contribution in [3.63, 3.8) is 0 Å². The number of amides is 2. The van der Waals surface area contributed by atoms with Crippen LogP contribution in [0.5, 0.6) is 0 Å². The van der Waals surface area contributed by atoms with Gasteiger partial charge in [-0.1, -0.05) is 0 Å². The zero-order valence-electron chi connectivity index (χ0n) is 13.1. The van der Waals surface area contributed by atoms with E-state index < -0.39 is 18.0 Å². The number of nitrogens with one attached hydrogen (secondary N) is 2. The van der Waals surface area contributed by atoms with Gasteiger partial charge in [-0.25, -0.2) is 14.4 Å². The van der Waals surface area contributed by atoms with Crippen LogP contribution in [0.1, 0.15) is 27.8 Å². The minimum Gasteiger partial charge on any atom is -0.463 e. The van der Waals surface area contributed by atoms with Gasteiger partial charge in [0.2, 0.25) is 11.6 Å². The molecule has 8 nitrogen and oxygen atoms in total. The summed E-state index contributed by atoms with van der Waals surface area (Å²) in [6.07, 6.45) is 0. The van der Waals surface area contributed by atoms with Gasteiger partial charge in [0.1, 0.15) is 0 Å². The van der Waals surface area contributed by atoms with Crippen molar-refractivity contribution in [2.24, 2.45) is 0 Å². The van der Waals surface area contributed by atoms with Crippen LogP contribution in [-0.2, 0) is 9.47 Å². The minimum absolute atomic E-state index is 0.0217. The van der Waals surface area contributed by atoms with E-state index in [1.165, 1.54) is 31.4 Å². The van der Waals surface area contributed by atoms with Crippen LogP contribution in [0.15, 0.2) is 40.8 Å². The van der Waals surface area contributed by atoms with Gasteiger partial charge in [0.05, 0.1) is 19.3 Å². The fourth-order valence-electron chi connectivity index (χ4n) is 1.79. The smallest absolute Gasteiger partial charge is 0.374 e. The molecule has 2 aromatic rings. The minimum atomic E-state index is -0.641. The lowest BCUT2D eigenvalue weighted by molar-refractivity contribution is 0.0524. The van der Waals surface area contributed by atoms with Gasteiger partial charge in [-0.15, -0.1) is 0 Å². The van der Waals surface area contributed by atoms with Gasteiger partial charge in [0.15, 0.2) is 0 Å². The van der Waals surface area contributed by atoms with Gasteiger partial charge in [0, 0.05) is 11.8 Å². The number of urea groups is 1. The lowest BCUT2D eigenvalue weighted by Crippen LogP contribution is -2.19. The van der Waals surface area contributed by atoms with Gasteiger partial charge in [-0.05, 0) is 37.3 Å². The highest BCUT2D eigenvalue weighted by atomic mass is 16.5. The number of rotatable bonds is 5. The van der Waals surface area contributed by atoms with E-state index in [0.29, 0.717) is 11.3 Å². The van der Waals surface area contributed by atoms with E-state index in [0.717, 1.165) is 0 Å². The number of hydrogen-bond acceptors (Lipinski definition) is 6. The summed E-state index contributed by atoms with van der Waals surface area (Å²) in [4.78, 5) is 34.6. The summed E-state index contributed by atoms with van der Waals surface area (Å²) < 4.78 is 14.5. The molecule has 24 heavy (non-hydrogen) atoms. The Kier molecular flexibility index (Phi) is 5.56. The van der Waals surface area contributed by atoms with E-state index in [1.54, 1.807) is 19.1 Å². The molecule has 2 amide bonds. The highest BCUT2D eigenvalue weighted by molar-refractivity contribution is 5.99. The van der Waals surface area contributed by atoms with Gasteiger partial charge in [0.25, 0.3) is 0 Å². The molecule has 0 fully saturated rings. The first-order valence-electron chi connectivity index (χ1n) is 7.06. The van der Waals surface area contributed by atoms with Crippen LogP contribution >= 0.6 is 0 Å². The zero-order chi connectivity index (χ0) is 17.5. The van der Waals surface area contributed by atoms with Crippen LogP contribution in [0.2, 0.25) is 0 Å². The molecule has 2 rings (SSSR count). The first-order valence-corrected chi connectivity index (χ1v) is 7.06. The average Bonchev–Trinajstić information content (AvgIpc) is 3.03. The van der Waals surface area contributed by atoms with Crippen LogP contribution in [0.4, 0.5) is 16.4 Å². The Morgan fingerprint density at radius 1 is 1.00 bits per heavy atom. The fourth-order valence-corrected chi connectivity index (χ4v) is 1.79. The third-order valence-corrected chi connectivity index (χ3v) is 2.88. The van der Waals surface area contributed by atoms with E-state index in [4.69, 9.17) is 9.15 Å². The summed E-state index contributed by atoms with van der Waals surface area (Å²) in [5.74, 6) is -1.000. The summed E-state index contributed by atoms with van der Waals surface area (Å²) in [6.45, 7) is 2.01. The molecule has 1 heterocycles. The van der Waals surface area contributed by atoms with Crippen LogP contribution in [0, 0.1) is 0 Å². The predicted octanol–water partition coefficient (Wildman–Crippen LogP) is 2.89. The number of hydrogen-bond donors (Lipinski definition) is 2. The zero-order valence-corrected chi connectivity index (χ0v) is 13.1. The molecule has 2 N–H and O–H groups in total. The molecule has 8 heteroatoms. The molecule has 0 radical (unpaired) electrons. The predicted molar refractivity (Wildman–Crippen MR) is 85.1 cm³/mol. The van der Waals surface area contributed by atoms with Crippen molar-refractivity contribution < 1.29 is 28.3 Å². The summed E-state index contributed by atoms with van der Waals surface area (Å²) in [5.41, 5.74) is 0.858. The molecule has 1 aromatic heterocycles. The maximum atomic E-state index is 11.9. The third-order valence-electron chi connectivity index (χ3n) is 2.88. The molecule has 0 atom stereocenters. The molecular formula is C16H16N2O6. The Balaban J connectivity index is 1.93. The quantitative estimate of drug-likeness (QED) is 0.815. The molecule has 126 valence electrons. The molecule has 1 aromatic carbocycles. The Morgan fingerprint density at radius 3 is 2.33 bits per heavy atom. The molecule has 0 spiro atoms. The largest absolute Gasteiger partial charge is 0.463 e. The number of ether oxygens (including phenoxy) is 2. The summed E-state index contributed by atoms with van der Waals surface area (Å²) in [6, 6.07) is 8.45. The monoisotopic (exact) mass is 332 g/mol. The van der Waals surface area contributed by atoms with Crippen LogP contribution in [-0.4, -0.2) is 31.7 Å². The first-order chi connectivity index (χ1) is 11.5. The summed E-state index contributed by atoms with van der Waals surface area (Å²) in [7, 11) is 1.23. The van der Waals surface area contributed by atoms with E-state index in [1.807, 2.05) is 0 Å². The highest BCUT2D eigenvalue weighted by Gasteiger charge is 2.13. The lowest BCUT2D eigenvalue weighted by Gasteiger charge is -2.06. The fraction of sp³-hybridized carbons (Fsp3) is 0.188. The topological polar surface area (TPSA) is 107 Å². The molecule has 0 saturated carbocycles. The van der Waals surface area contributed by atoms with Crippen molar-refractivity contribution >= 4 is 29.5 Å². The maximum absolute atomic E-state index is 11.9. The third kappa shape index (κ3) is 4.35. The molecule has 0 aliphatic heterocycles. The molecule has 0 saturated heterocycles. The van der Waals surface area contributed by atoms with Gasteiger partial charge < -0.3 is 19.2 Å². The summed E-state index contributed by atoms with van der Waals surface area (Å²) in [5, 5.41) is 4.99. The van der Waals surface area contributed by atoms with E-state index in [2.05, 4.69) is 15.4 Å². The van der Waals surface area contributed by atoms with Crippen molar-refractivity contribution in [2.45, 2.75) is 6.92 Å². The lowest BCUT2D eigenvalue weighted by atomic mass is 10.2. The normalized spacial score (nSPS) is 9.92. The number of anilines is 2. The number of benzene rings is 1. The number of carbonyl (C=O) groups is 3. The van der Waals surface area contributed by atoms with Crippen molar-refractivity contribution in [1.29, 1.82) is 0 Å². The SMILES string of the molecule is CCOC(=O)c1ccc(NC(=O)Nc2ccc(C(=O)OC)o2)cc1. The summed E-state index contributed by atoms with van der Waals surface area (Å²) >= 11 is 0. The van der Waals surface area contributed by atoms with Crippen molar-refractivity contribution in [3.8, 4) is 0 Å². The Labute approximate surface area is 137 Å². The molecule has 0 aliphatic carbocycles. The van der Waals surface area contributed by atoms with Gasteiger partial charge in [-0.2, -0.15) is 0 Å². The molecule has 0 aliphatic rings. The van der Waals surface area contributed by atoms with Gasteiger partial charge >= 0.3 is 18.0 Å². The number of methoxy groups -OCH3 is 1.